The Morgan fingerprint density at radius 3 is 2.17 bits per heavy atom. The second-order valence-corrected chi connectivity index (χ2v) is 3.10. The minimum Gasteiger partial charge on any atom is -0.395 e. The van der Waals surface area contributed by atoms with E-state index in [1.807, 2.05) is 0 Å². The summed E-state index contributed by atoms with van der Waals surface area (Å²) in [6.07, 6.45) is -4.18. The molecule has 0 radical (unpaired) electrons. The summed E-state index contributed by atoms with van der Waals surface area (Å²) in [5.41, 5.74) is 0. The van der Waals surface area contributed by atoms with E-state index in [9.17, 15) is 13.2 Å². The average molecular weight is 250 g/mol. The van der Waals surface area contributed by atoms with Crippen molar-refractivity contribution in [3.8, 4) is 0 Å². The van der Waals surface area contributed by atoms with E-state index in [0.29, 0.717) is 11.9 Å². The van der Waals surface area contributed by atoms with Gasteiger partial charge in [0.1, 0.15) is 0 Å². The van der Waals surface area contributed by atoms with Crippen molar-refractivity contribution >= 4 is 15.9 Å². The summed E-state index contributed by atoms with van der Waals surface area (Å²) in [4.78, 5) is 1.15. The van der Waals surface area contributed by atoms with Gasteiger partial charge in [0.15, 0.2) is 0 Å². The highest BCUT2D eigenvalue weighted by Gasteiger charge is 2.29. The van der Waals surface area contributed by atoms with Gasteiger partial charge in [-0.25, -0.2) is 0 Å². The third-order valence-corrected chi connectivity index (χ3v) is 1.57. The third kappa shape index (κ3) is 6.87. The van der Waals surface area contributed by atoms with Crippen molar-refractivity contribution in [2.75, 3.05) is 31.6 Å². The van der Waals surface area contributed by atoms with Crippen molar-refractivity contribution in [1.29, 1.82) is 0 Å². The molecule has 74 valence electrons. The quantitative estimate of drug-likeness (QED) is 0.742. The smallest absolute Gasteiger partial charge is 0.395 e. The standard InChI is InChI=1S/C6H11BrF3NO/c7-1-2-11(3-4-12)5-6(8,9)10/h12H,1-5H2. The molecule has 0 unspecified atom stereocenters. The molecule has 0 aliphatic rings. The van der Waals surface area contributed by atoms with Crippen LogP contribution in [0.4, 0.5) is 13.2 Å². The van der Waals surface area contributed by atoms with E-state index in [1.54, 1.807) is 0 Å². The summed E-state index contributed by atoms with van der Waals surface area (Å²) >= 11 is 3.04. The first kappa shape index (κ1) is 12.2. The largest absolute Gasteiger partial charge is 0.401 e. The van der Waals surface area contributed by atoms with Crippen molar-refractivity contribution < 1.29 is 18.3 Å². The Balaban J connectivity index is 3.77. The number of nitrogens with zero attached hydrogens (tertiary/aromatic N) is 1. The van der Waals surface area contributed by atoms with E-state index in [0.717, 1.165) is 4.90 Å². The molecule has 0 aliphatic heterocycles. The number of aliphatic hydroxyl groups excluding tert-OH is 1. The number of hydrogen-bond donors (Lipinski definition) is 1. The first-order valence-electron chi connectivity index (χ1n) is 3.45. The molecule has 12 heavy (non-hydrogen) atoms. The minimum absolute atomic E-state index is 0.0606. The van der Waals surface area contributed by atoms with Crippen LogP contribution in [-0.2, 0) is 0 Å². The monoisotopic (exact) mass is 249 g/mol. The van der Waals surface area contributed by atoms with Crippen molar-refractivity contribution in [2.45, 2.75) is 6.18 Å². The molecule has 2 nitrogen and oxygen atoms in total. The van der Waals surface area contributed by atoms with E-state index in [1.165, 1.54) is 0 Å². The van der Waals surface area contributed by atoms with Crippen LogP contribution in [-0.4, -0.2) is 47.8 Å². The molecule has 0 bridgehead atoms. The van der Waals surface area contributed by atoms with Gasteiger partial charge in [-0.15, -0.1) is 0 Å². The van der Waals surface area contributed by atoms with Gasteiger partial charge in [-0.05, 0) is 0 Å². The second-order valence-electron chi connectivity index (χ2n) is 2.30. The van der Waals surface area contributed by atoms with Crippen molar-refractivity contribution in [3.63, 3.8) is 0 Å². The molecular weight excluding hydrogens is 239 g/mol. The van der Waals surface area contributed by atoms with Crippen LogP contribution in [0.1, 0.15) is 0 Å². The molecule has 0 aromatic carbocycles. The molecule has 0 rings (SSSR count). The summed E-state index contributed by atoms with van der Waals surface area (Å²) in [7, 11) is 0. The van der Waals surface area contributed by atoms with Crippen LogP contribution < -0.4 is 0 Å². The van der Waals surface area contributed by atoms with E-state index >= 15 is 0 Å². The van der Waals surface area contributed by atoms with Crippen LogP contribution >= 0.6 is 15.9 Å². The maximum absolute atomic E-state index is 11.8. The Bertz CT molecular complexity index is 114. The summed E-state index contributed by atoms with van der Waals surface area (Å²) in [5.74, 6) is 0. The van der Waals surface area contributed by atoms with E-state index in [2.05, 4.69) is 15.9 Å². The summed E-state index contributed by atoms with van der Waals surface area (Å²) in [6.45, 7) is -0.854. The van der Waals surface area contributed by atoms with Crippen LogP contribution in [0.2, 0.25) is 0 Å². The fraction of sp³-hybridized carbons (Fsp3) is 1.00. The second kappa shape index (κ2) is 5.77. The first-order valence-corrected chi connectivity index (χ1v) is 4.57. The van der Waals surface area contributed by atoms with Crippen LogP contribution in [0.25, 0.3) is 0 Å². The molecule has 0 aromatic heterocycles. The van der Waals surface area contributed by atoms with Gasteiger partial charge in [0.2, 0.25) is 0 Å². The van der Waals surface area contributed by atoms with Crippen LogP contribution in [0.3, 0.4) is 0 Å². The number of aliphatic hydroxyl groups is 1. The highest BCUT2D eigenvalue weighted by molar-refractivity contribution is 9.09. The number of rotatable bonds is 5. The summed E-state index contributed by atoms with van der Waals surface area (Å²) in [6, 6.07) is 0. The molecule has 0 amide bonds. The van der Waals surface area contributed by atoms with Gasteiger partial charge >= 0.3 is 6.18 Å². The highest BCUT2D eigenvalue weighted by Crippen LogP contribution is 2.16. The Morgan fingerprint density at radius 2 is 1.83 bits per heavy atom. The number of alkyl halides is 4. The number of halogens is 4. The lowest BCUT2D eigenvalue weighted by Crippen LogP contribution is -2.37. The van der Waals surface area contributed by atoms with Crippen molar-refractivity contribution in [3.05, 3.63) is 0 Å². The predicted octanol–water partition coefficient (Wildman–Crippen LogP) is 1.24. The maximum Gasteiger partial charge on any atom is 0.401 e. The topological polar surface area (TPSA) is 23.5 Å². The number of hydrogen-bond acceptors (Lipinski definition) is 2. The zero-order valence-electron chi connectivity index (χ0n) is 6.44. The normalized spacial score (nSPS) is 12.5. The highest BCUT2D eigenvalue weighted by atomic mass is 79.9. The lowest BCUT2D eigenvalue weighted by atomic mass is 10.4. The molecular formula is C6H11BrF3NO. The van der Waals surface area contributed by atoms with Crippen LogP contribution in [0, 0.1) is 0 Å². The zero-order valence-corrected chi connectivity index (χ0v) is 8.03. The fourth-order valence-electron chi connectivity index (χ4n) is 0.784. The molecule has 1 N–H and O–H groups in total. The zero-order chi connectivity index (χ0) is 9.61. The summed E-state index contributed by atoms with van der Waals surface area (Å²) < 4.78 is 35.4. The van der Waals surface area contributed by atoms with E-state index in [-0.39, 0.29) is 13.2 Å². The Hall–Kier alpha value is 0.190. The average Bonchev–Trinajstić information content (AvgIpc) is 1.84. The minimum atomic E-state index is -4.18. The Kier molecular flexibility index (Phi) is 5.86. The van der Waals surface area contributed by atoms with Gasteiger partial charge in [-0.1, -0.05) is 15.9 Å². The van der Waals surface area contributed by atoms with Crippen molar-refractivity contribution in [1.82, 2.24) is 4.90 Å². The van der Waals surface area contributed by atoms with Gasteiger partial charge in [0.05, 0.1) is 13.2 Å². The Morgan fingerprint density at radius 1 is 1.25 bits per heavy atom. The molecule has 0 saturated carbocycles. The lowest BCUT2D eigenvalue weighted by Gasteiger charge is -2.21. The molecule has 0 aliphatic carbocycles. The van der Waals surface area contributed by atoms with Gasteiger partial charge in [-0.2, -0.15) is 13.2 Å². The SMILES string of the molecule is OCCN(CCBr)CC(F)(F)F. The van der Waals surface area contributed by atoms with Gasteiger partial charge < -0.3 is 5.11 Å². The molecule has 0 heterocycles. The third-order valence-electron chi connectivity index (χ3n) is 1.22. The summed E-state index contributed by atoms with van der Waals surface area (Å²) in [5, 5.41) is 8.91. The van der Waals surface area contributed by atoms with Crippen LogP contribution in [0.5, 0.6) is 0 Å². The van der Waals surface area contributed by atoms with Crippen molar-refractivity contribution in [2.24, 2.45) is 0 Å². The lowest BCUT2D eigenvalue weighted by molar-refractivity contribution is -0.146. The maximum atomic E-state index is 11.8. The van der Waals surface area contributed by atoms with E-state index < -0.39 is 12.7 Å². The fourth-order valence-corrected chi connectivity index (χ4v) is 1.29. The van der Waals surface area contributed by atoms with Gasteiger partial charge in [0.25, 0.3) is 0 Å². The molecule has 0 saturated heterocycles. The predicted molar refractivity (Wildman–Crippen MR) is 43.4 cm³/mol. The Labute approximate surface area is 77.5 Å². The van der Waals surface area contributed by atoms with E-state index in [4.69, 9.17) is 5.11 Å². The first-order chi connectivity index (χ1) is 5.49. The van der Waals surface area contributed by atoms with Gasteiger partial charge in [0, 0.05) is 18.4 Å². The van der Waals surface area contributed by atoms with Gasteiger partial charge in [-0.3, -0.25) is 4.90 Å². The molecule has 0 aromatic rings. The molecule has 0 fully saturated rings. The molecule has 6 heteroatoms. The van der Waals surface area contributed by atoms with Crippen LogP contribution in [0.15, 0.2) is 0 Å². The molecule has 0 atom stereocenters. The molecule has 0 spiro atoms.